The molecular weight excluding hydrogens is 608 g/mol. The van der Waals surface area contributed by atoms with Crippen molar-refractivity contribution < 1.29 is 28.0 Å². The number of carbonyl (C=O) groups excluding carboxylic acids is 4. The van der Waals surface area contributed by atoms with Crippen LogP contribution >= 0.6 is 0 Å². The Balaban J connectivity index is 1.52. The molecule has 13 heteroatoms. The van der Waals surface area contributed by atoms with Crippen molar-refractivity contribution in [2.45, 2.75) is 90.4 Å². The summed E-state index contributed by atoms with van der Waals surface area (Å²) < 4.78 is 29.9. The molecular formula is C34H49F2N7O4. The number of anilines is 1. The van der Waals surface area contributed by atoms with Crippen molar-refractivity contribution in [2.24, 2.45) is 11.8 Å². The van der Waals surface area contributed by atoms with Crippen LogP contribution in [0.2, 0.25) is 0 Å². The number of carbonyl (C=O) groups is 4. The second-order valence-electron chi connectivity index (χ2n) is 13.1. The van der Waals surface area contributed by atoms with E-state index in [1.54, 1.807) is 24.8 Å². The molecule has 2 aliphatic rings. The van der Waals surface area contributed by atoms with Gasteiger partial charge in [-0.05, 0) is 62.4 Å². The van der Waals surface area contributed by atoms with Crippen molar-refractivity contribution in [1.29, 1.82) is 0 Å². The van der Waals surface area contributed by atoms with Gasteiger partial charge in [-0.1, -0.05) is 39.7 Å². The van der Waals surface area contributed by atoms with Crippen LogP contribution in [-0.2, 0) is 20.9 Å². The van der Waals surface area contributed by atoms with Crippen LogP contribution in [-0.4, -0.2) is 94.7 Å². The van der Waals surface area contributed by atoms with E-state index in [1.807, 2.05) is 14.0 Å². The van der Waals surface area contributed by atoms with E-state index < -0.39 is 42.3 Å². The highest BCUT2D eigenvalue weighted by atomic mass is 19.1. The minimum absolute atomic E-state index is 0.0646. The number of aromatic nitrogens is 2. The van der Waals surface area contributed by atoms with Crippen LogP contribution in [0.5, 0.6) is 0 Å². The van der Waals surface area contributed by atoms with Gasteiger partial charge in [-0.2, -0.15) is 5.10 Å². The Morgan fingerprint density at radius 1 is 1.04 bits per heavy atom. The van der Waals surface area contributed by atoms with Gasteiger partial charge in [0.15, 0.2) is 0 Å². The topological polar surface area (TPSA) is 129 Å². The summed E-state index contributed by atoms with van der Waals surface area (Å²) in [6, 6.07) is 4.15. The molecule has 1 aromatic heterocycles. The van der Waals surface area contributed by atoms with Crippen molar-refractivity contribution in [1.82, 2.24) is 30.2 Å². The molecule has 3 N–H and O–H groups in total. The minimum Gasteiger partial charge on any atom is -0.344 e. The number of halogens is 2. The zero-order valence-corrected chi connectivity index (χ0v) is 28.1. The maximum atomic E-state index is 15.7. The third kappa shape index (κ3) is 8.94. The number of aryl methyl sites for hydroxylation is 1. The molecule has 4 rings (SSSR count). The van der Waals surface area contributed by atoms with Gasteiger partial charge >= 0.3 is 0 Å². The summed E-state index contributed by atoms with van der Waals surface area (Å²) in [6.07, 6.45) is 4.82. The first-order chi connectivity index (χ1) is 22.4. The Morgan fingerprint density at radius 3 is 2.40 bits per heavy atom. The zero-order valence-electron chi connectivity index (χ0n) is 28.1. The maximum absolute atomic E-state index is 15.7. The van der Waals surface area contributed by atoms with Gasteiger partial charge in [0.05, 0.1) is 12.2 Å². The van der Waals surface area contributed by atoms with Crippen LogP contribution in [0.15, 0.2) is 30.5 Å². The SMILES string of the molecule is CCC(=O)N[C@@H](C(=O)N1CCN(C)[C@H](C)C1)[C@@H](C)c1ccc(NC(=O)[C@@H](NC(=O)c2ccnn2CCF)C2CCC(C)CC2)c(F)c1. The highest BCUT2D eigenvalue weighted by Gasteiger charge is 2.36. The molecule has 11 nitrogen and oxygen atoms in total. The quantitative estimate of drug-likeness (QED) is 0.319. The highest BCUT2D eigenvalue weighted by molar-refractivity contribution is 6.00. The number of hydrogen-bond acceptors (Lipinski definition) is 6. The molecule has 1 aromatic carbocycles. The summed E-state index contributed by atoms with van der Waals surface area (Å²) >= 11 is 0. The van der Waals surface area contributed by atoms with Crippen LogP contribution in [0, 0.1) is 17.7 Å². The van der Waals surface area contributed by atoms with Crippen molar-refractivity contribution in [3.63, 3.8) is 0 Å². The van der Waals surface area contributed by atoms with Gasteiger partial charge < -0.3 is 25.8 Å². The predicted octanol–water partition coefficient (Wildman–Crippen LogP) is 3.72. The number of amides is 4. The fourth-order valence-corrected chi connectivity index (χ4v) is 6.46. The molecule has 0 spiro atoms. The standard InChI is InChI=1S/C34H49F2N7O4/c1-6-29(44)39-30(34(47)42-18-17-41(5)22(3)20-42)23(4)25-11-12-27(26(36)19-25)38-33(46)31(24-9-7-21(2)8-10-24)40-32(45)28-13-15-37-43(28)16-14-35/h11-13,15,19,21-24,30-31H,6-10,14,16-18,20H2,1-5H3,(H,38,46)(H,39,44)(H,40,45)/t21?,22-,23+,24?,30-,31+/m1/s1. The number of likely N-dealkylation sites (N-methyl/N-ethyl adjacent to an activating group) is 1. The van der Waals surface area contributed by atoms with Crippen LogP contribution in [0.4, 0.5) is 14.5 Å². The van der Waals surface area contributed by atoms with E-state index in [9.17, 15) is 23.6 Å². The normalized spacial score (nSPS) is 22.2. The lowest BCUT2D eigenvalue weighted by Gasteiger charge is -2.40. The molecule has 2 fully saturated rings. The Hall–Kier alpha value is -3.87. The number of alkyl halides is 1. The van der Waals surface area contributed by atoms with E-state index in [2.05, 4.69) is 32.9 Å². The summed E-state index contributed by atoms with van der Waals surface area (Å²) in [6.45, 7) is 8.64. The third-order valence-electron chi connectivity index (χ3n) is 9.80. The van der Waals surface area contributed by atoms with Crippen LogP contribution < -0.4 is 16.0 Å². The molecule has 1 saturated carbocycles. The first-order valence-corrected chi connectivity index (χ1v) is 16.7. The molecule has 1 saturated heterocycles. The number of nitrogens with one attached hydrogen (secondary N) is 3. The number of benzene rings is 1. The number of rotatable bonds is 12. The zero-order chi connectivity index (χ0) is 34.2. The molecule has 47 heavy (non-hydrogen) atoms. The summed E-state index contributed by atoms with van der Waals surface area (Å²) in [7, 11) is 2.00. The van der Waals surface area contributed by atoms with Crippen LogP contribution in [0.1, 0.15) is 81.8 Å². The Labute approximate surface area is 275 Å². The summed E-state index contributed by atoms with van der Waals surface area (Å²) in [5.41, 5.74) is 0.564. The van der Waals surface area contributed by atoms with Crippen LogP contribution in [0.3, 0.4) is 0 Å². The van der Waals surface area contributed by atoms with E-state index in [4.69, 9.17) is 0 Å². The van der Waals surface area contributed by atoms with Crippen molar-refractivity contribution in [3.05, 3.63) is 47.5 Å². The molecule has 0 bridgehead atoms. The van der Waals surface area contributed by atoms with Gasteiger partial charge in [0.2, 0.25) is 17.7 Å². The average molecular weight is 658 g/mol. The number of piperazine rings is 1. The van der Waals surface area contributed by atoms with E-state index in [0.717, 1.165) is 12.8 Å². The molecule has 2 aromatic rings. The van der Waals surface area contributed by atoms with Gasteiger partial charge in [0.1, 0.15) is 30.3 Å². The van der Waals surface area contributed by atoms with Crippen molar-refractivity contribution in [3.8, 4) is 0 Å². The fourth-order valence-electron chi connectivity index (χ4n) is 6.46. The maximum Gasteiger partial charge on any atom is 0.270 e. The molecule has 0 radical (unpaired) electrons. The smallest absolute Gasteiger partial charge is 0.270 e. The second-order valence-corrected chi connectivity index (χ2v) is 13.1. The lowest BCUT2D eigenvalue weighted by molar-refractivity contribution is -0.139. The Kier molecular flexibility index (Phi) is 12.5. The lowest BCUT2D eigenvalue weighted by Crippen LogP contribution is -2.58. The first-order valence-electron chi connectivity index (χ1n) is 16.7. The molecule has 258 valence electrons. The Morgan fingerprint density at radius 2 is 1.77 bits per heavy atom. The fraction of sp³-hybridized carbons (Fsp3) is 0.618. The van der Waals surface area contributed by atoms with E-state index in [-0.39, 0.29) is 48.1 Å². The van der Waals surface area contributed by atoms with E-state index in [1.165, 1.54) is 29.1 Å². The van der Waals surface area contributed by atoms with Crippen molar-refractivity contribution >= 4 is 29.3 Å². The van der Waals surface area contributed by atoms with Gasteiger partial charge in [0.25, 0.3) is 5.91 Å². The monoisotopic (exact) mass is 657 g/mol. The molecule has 4 amide bonds. The molecule has 2 heterocycles. The average Bonchev–Trinajstić information content (AvgIpc) is 3.53. The Bertz CT molecular complexity index is 1410. The highest BCUT2D eigenvalue weighted by Crippen LogP contribution is 2.32. The summed E-state index contributed by atoms with van der Waals surface area (Å²) in [5, 5.41) is 12.3. The second kappa shape index (κ2) is 16.3. The van der Waals surface area contributed by atoms with Gasteiger partial charge in [-0.15, -0.1) is 0 Å². The van der Waals surface area contributed by atoms with E-state index >= 15 is 4.39 Å². The van der Waals surface area contributed by atoms with Gasteiger partial charge in [-0.25, -0.2) is 8.78 Å². The minimum atomic E-state index is -0.945. The summed E-state index contributed by atoms with van der Waals surface area (Å²) in [4.78, 5) is 56.9. The number of nitrogens with zero attached hydrogens (tertiary/aromatic N) is 4. The third-order valence-corrected chi connectivity index (χ3v) is 9.80. The summed E-state index contributed by atoms with van der Waals surface area (Å²) in [5.74, 6) is -2.53. The van der Waals surface area contributed by atoms with Crippen LogP contribution in [0.25, 0.3) is 0 Å². The number of hydrogen-bond donors (Lipinski definition) is 3. The van der Waals surface area contributed by atoms with Gasteiger partial charge in [0, 0.05) is 44.2 Å². The molecule has 0 unspecified atom stereocenters. The molecule has 1 aliphatic carbocycles. The lowest BCUT2D eigenvalue weighted by atomic mass is 9.79. The first kappa shape index (κ1) is 36.0. The predicted molar refractivity (Wildman–Crippen MR) is 175 cm³/mol. The molecule has 4 atom stereocenters. The molecule has 1 aliphatic heterocycles. The van der Waals surface area contributed by atoms with E-state index in [0.29, 0.717) is 44.0 Å². The largest absolute Gasteiger partial charge is 0.344 e. The van der Waals surface area contributed by atoms with Crippen molar-refractivity contribution in [2.75, 3.05) is 38.7 Å². The van der Waals surface area contributed by atoms with Gasteiger partial charge in [-0.3, -0.25) is 23.9 Å².